The highest BCUT2D eigenvalue weighted by molar-refractivity contribution is 6.34. The smallest absolute Gasteiger partial charge is 0.269 e. The number of rotatable bonds is 5. The summed E-state index contributed by atoms with van der Waals surface area (Å²) >= 11 is 6.11. The van der Waals surface area contributed by atoms with Crippen LogP contribution in [0, 0.1) is 25.2 Å². The molecule has 2 heterocycles. The topological polar surface area (TPSA) is 96.5 Å². The monoisotopic (exact) mass is 470 g/mol. The summed E-state index contributed by atoms with van der Waals surface area (Å²) in [5, 5.41) is 12.6. The molecular formula is C26H19ClN4O3. The predicted octanol–water partition coefficient (Wildman–Crippen LogP) is 5.30. The van der Waals surface area contributed by atoms with Crippen molar-refractivity contribution in [2.45, 2.75) is 13.8 Å². The van der Waals surface area contributed by atoms with E-state index in [9.17, 15) is 14.9 Å². The third kappa shape index (κ3) is 4.68. The number of anilines is 1. The van der Waals surface area contributed by atoms with Crippen LogP contribution in [-0.2, 0) is 4.79 Å². The van der Waals surface area contributed by atoms with Crippen molar-refractivity contribution in [3.05, 3.63) is 105 Å². The Hall–Kier alpha value is -4.41. The maximum absolute atomic E-state index is 13.3. The van der Waals surface area contributed by atoms with Gasteiger partial charge < -0.3 is 10.1 Å². The molecular weight excluding hydrogens is 452 g/mol. The van der Waals surface area contributed by atoms with Gasteiger partial charge >= 0.3 is 0 Å². The van der Waals surface area contributed by atoms with Crippen LogP contribution in [0.15, 0.2) is 77.2 Å². The fraction of sp³-hybridized carbons (Fsp3) is 0.0769. The number of benzene rings is 2. The van der Waals surface area contributed by atoms with Crippen molar-refractivity contribution >= 4 is 34.9 Å². The second kappa shape index (κ2) is 9.61. The van der Waals surface area contributed by atoms with Gasteiger partial charge in [-0.1, -0.05) is 47.5 Å². The van der Waals surface area contributed by atoms with Gasteiger partial charge in [0.25, 0.3) is 11.5 Å². The van der Waals surface area contributed by atoms with Crippen molar-refractivity contribution < 1.29 is 9.53 Å². The molecule has 0 saturated heterocycles. The quantitative estimate of drug-likeness (QED) is 0.315. The standard InChI is InChI=1S/C26H19ClN4O3/c1-16-10-11-22(17(2)13-16)34-25-19(26(33)31-12-6-5-9-23(31)30-25)14-18(15-28)24(32)29-21-8-4-3-7-20(21)27/h3-14H,1-2H3,(H,29,32)/b18-14-. The lowest BCUT2D eigenvalue weighted by Gasteiger charge is -2.12. The average molecular weight is 471 g/mol. The Balaban J connectivity index is 1.83. The summed E-state index contributed by atoms with van der Waals surface area (Å²) in [6.45, 7) is 3.84. The van der Waals surface area contributed by atoms with E-state index in [-0.39, 0.29) is 17.0 Å². The second-order valence-corrected chi connectivity index (χ2v) is 7.95. The van der Waals surface area contributed by atoms with Gasteiger partial charge in [0.2, 0.25) is 5.88 Å². The molecule has 168 valence electrons. The average Bonchev–Trinajstić information content (AvgIpc) is 2.82. The molecule has 34 heavy (non-hydrogen) atoms. The number of ether oxygens (including phenoxy) is 1. The molecule has 0 saturated carbocycles. The highest BCUT2D eigenvalue weighted by Crippen LogP contribution is 2.28. The number of pyridine rings is 1. The van der Waals surface area contributed by atoms with Crippen molar-refractivity contribution in [3.63, 3.8) is 0 Å². The molecule has 7 nitrogen and oxygen atoms in total. The first kappa shape index (κ1) is 22.8. The summed E-state index contributed by atoms with van der Waals surface area (Å²) in [5.74, 6) is -0.224. The molecule has 0 unspecified atom stereocenters. The molecule has 0 bridgehead atoms. The van der Waals surface area contributed by atoms with Gasteiger partial charge in [0, 0.05) is 6.20 Å². The van der Waals surface area contributed by atoms with Gasteiger partial charge in [0.15, 0.2) is 0 Å². The fourth-order valence-electron chi connectivity index (χ4n) is 3.35. The van der Waals surface area contributed by atoms with Gasteiger partial charge in [-0.3, -0.25) is 14.0 Å². The Kier molecular flexibility index (Phi) is 6.44. The molecule has 4 rings (SSSR count). The maximum atomic E-state index is 13.3. The maximum Gasteiger partial charge on any atom is 0.269 e. The highest BCUT2D eigenvalue weighted by atomic mass is 35.5. The number of amides is 1. The van der Waals surface area contributed by atoms with Crippen LogP contribution in [0.5, 0.6) is 11.6 Å². The van der Waals surface area contributed by atoms with Crippen LogP contribution < -0.4 is 15.6 Å². The van der Waals surface area contributed by atoms with E-state index in [1.165, 1.54) is 10.5 Å². The van der Waals surface area contributed by atoms with Crippen molar-refractivity contribution in [2.24, 2.45) is 0 Å². The summed E-state index contributed by atoms with van der Waals surface area (Å²) < 4.78 is 7.34. The molecule has 0 aliphatic rings. The molecule has 8 heteroatoms. The molecule has 1 N–H and O–H groups in total. The number of carbonyl (C=O) groups is 1. The molecule has 0 fully saturated rings. The number of aromatic nitrogens is 2. The summed E-state index contributed by atoms with van der Waals surface area (Å²) in [7, 11) is 0. The van der Waals surface area contributed by atoms with Gasteiger partial charge in [0.1, 0.15) is 28.6 Å². The molecule has 0 spiro atoms. The minimum atomic E-state index is -0.717. The predicted molar refractivity (Wildman–Crippen MR) is 131 cm³/mol. The number of aryl methyl sites for hydroxylation is 2. The number of nitrogens with zero attached hydrogens (tertiary/aromatic N) is 3. The zero-order valence-electron chi connectivity index (χ0n) is 18.4. The van der Waals surface area contributed by atoms with Crippen LogP contribution in [0.3, 0.4) is 0 Å². The summed E-state index contributed by atoms with van der Waals surface area (Å²) in [4.78, 5) is 30.6. The molecule has 0 atom stereocenters. The summed E-state index contributed by atoms with van der Waals surface area (Å²) in [5.41, 5.74) is 1.79. The van der Waals surface area contributed by atoms with Crippen LogP contribution in [0.2, 0.25) is 5.02 Å². The molecule has 0 aliphatic heterocycles. The first-order valence-corrected chi connectivity index (χ1v) is 10.7. The number of hydrogen-bond acceptors (Lipinski definition) is 5. The molecule has 2 aromatic carbocycles. The summed E-state index contributed by atoms with van der Waals surface area (Å²) in [6, 6.07) is 19.2. The largest absolute Gasteiger partial charge is 0.438 e. The van der Waals surface area contributed by atoms with Gasteiger partial charge in [-0.05, 0) is 55.8 Å². The van der Waals surface area contributed by atoms with Crippen LogP contribution in [0.1, 0.15) is 16.7 Å². The van der Waals surface area contributed by atoms with E-state index in [0.717, 1.165) is 11.1 Å². The highest BCUT2D eigenvalue weighted by Gasteiger charge is 2.18. The Bertz CT molecular complexity index is 1550. The molecule has 4 aromatic rings. The number of carbonyl (C=O) groups excluding carboxylic acids is 1. The minimum Gasteiger partial charge on any atom is -0.438 e. The Morgan fingerprint density at radius 3 is 2.65 bits per heavy atom. The van der Waals surface area contributed by atoms with E-state index in [1.54, 1.807) is 54.7 Å². The molecule has 2 aromatic heterocycles. The van der Waals surface area contributed by atoms with Crippen LogP contribution >= 0.6 is 11.6 Å². The van der Waals surface area contributed by atoms with Gasteiger partial charge in [-0.15, -0.1) is 0 Å². The molecule has 1 amide bonds. The second-order valence-electron chi connectivity index (χ2n) is 7.54. The third-order valence-corrected chi connectivity index (χ3v) is 5.38. The fourth-order valence-corrected chi connectivity index (χ4v) is 3.53. The van der Waals surface area contributed by atoms with Crippen LogP contribution in [0.4, 0.5) is 5.69 Å². The number of fused-ring (bicyclic) bond motifs is 1. The van der Waals surface area contributed by atoms with Crippen LogP contribution in [0.25, 0.3) is 11.7 Å². The number of hydrogen-bond donors (Lipinski definition) is 1. The van der Waals surface area contributed by atoms with E-state index in [4.69, 9.17) is 16.3 Å². The van der Waals surface area contributed by atoms with Crippen molar-refractivity contribution in [2.75, 3.05) is 5.32 Å². The SMILES string of the molecule is Cc1ccc(Oc2nc3ccccn3c(=O)c2/C=C(/C#N)C(=O)Nc2ccccc2Cl)c(C)c1. The van der Waals surface area contributed by atoms with E-state index >= 15 is 0 Å². The van der Waals surface area contributed by atoms with Crippen LogP contribution in [-0.4, -0.2) is 15.3 Å². The lowest BCUT2D eigenvalue weighted by atomic mass is 10.1. The lowest BCUT2D eigenvalue weighted by molar-refractivity contribution is -0.112. The first-order valence-electron chi connectivity index (χ1n) is 10.3. The number of halogens is 1. The first-order chi connectivity index (χ1) is 16.4. The van der Waals surface area contributed by atoms with Gasteiger partial charge in [-0.25, -0.2) is 0 Å². The van der Waals surface area contributed by atoms with Gasteiger partial charge in [0.05, 0.1) is 10.7 Å². The normalized spacial score (nSPS) is 11.2. The van der Waals surface area contributed by atoms with Crippen molar-refractivity contribution in [1.29, 1.82) is 5.26 Å². The van der Waals surface area contributed by atoms with Gasteiger partial charge in [-0.2, -0.15) is 10.2 Å². The Morgan fingerprint density at radius 2 is 1.91 bits per heavy atom. The van der Waals surface area contributed by atoms with E-state index in [1.807, 2.05) is 32.0 Å². The third-order valence-electron chi connectivity index (χ3n) is 5.05. The molecule has 0 radical (unpaired) electrons. The lowest BCUT2D eigenvalue weighted by Crippen LogP contribution is -2.20. The van der Waals surface area contributed by atoms with Crippen molar-refractivity contribution in [1.82, 2.24) is 9.38 Å². The zero-order chi connectivity index (χ0) is 24.2. The Labute approximate surface area is 200 Å². The zero-order valence-corrected chi connectivity index (χ0v) is 19.1. The van der Waals surface area contributed by atoms with E-state index in [0.29, 0.717) is 22.1 Å². The number of nitriles is 1. The minimum absolute atomic E-state index is 0.0125. The van der Waals surface area contributed by atoms with E-state index < -0.39 is 11.5 Å². The number of para-hydroxylation sites is 1. The number of nitrogens with one attached hydrogen (secondary N) is 1. The summed E-state index contributed by atoms with van der Waals surface area (Å²) in [6.07, 6.45) is 2.73. The van der Waals surface area contributed by atoms with Crippen molar-refractivity contribution in [3.8, 4) is 17.7 Å². The Morgan fingerprint density at radius 1 is 1.15 bits per heavy atom. The van der Waals surface area contributed by atoms with E-state index in [2.05, 4.69) is 10.3 Å². The molecule has 0 aliphatic carbocycles.